The molecular weight excluding hydrogens is 236 g/mol. The van der Waals surface area contributed by atoms with E-state index in [2.05, 4.69) is 37.4 Å². The average molecular weight is 254 g/mol. The van der Waals surface area contributed by atoms with Crippen molar-refractivity contribution in [1.29, 1.82) is 0 Å². The van der Waals surface area contributed by atoms with Crippen LogP contribution in [0, 0.1) is 13.8 Å². The number of anilines is 1. The summed E-state index contributed by atoms with van der Waals surface area (Å²) in [6, 6.07) is 13.6. The van der Waals surface area contributed by atoms with Crippen molar-refractivity contribution in [2.45, 2.75) is 20.4 Å². The number of nitrogens with two attached hydrogens (primary N) is 1. The van der Waals surface area contributed by atoms with Gasteiger partial charge < -0.3 is 11.1 Å². The van der Waals surface area contributed by atoms with Gasteiger partial charge in [-0.25, -0.2) is 0 Å². The molecule has 0 heterocycles. The predicted octanol–water partition coefficient (Wildman–Crippen LogP) is 3.01. The molecule has 0 aliphatic carbocycles. The van der Waals surface area contributed by atoms with E-state index in [9.17, 15) is 4.79 Å². The Labute approximate surface area is 113 Å². The fourth-order valence-corrected chi connectivity index (χ4v) is 1.90. The molecule has 0 saturated carbocycles. The standard InChI is InChI=1S/C16H18N2O/c1-11-6-7-13(8-12(11)2)10-18-15-5-3-4-14(9-15)16(17)19/h3-9,18H,10H2,1-2H3,(H2,17,19). The van der Waals surface area contributed by atoms with Crippen molar-refractivity contribution in [3.63, 3.8) is 0 Å². The van der Waals surface area contributed by atoms with Gasteiger partial charge >= 0.3 is 0 Å². The average Bonchev–Trinajstić information content (AvgIpc) is 2.40. The van der Waals surface area contributed by atoms with Gasteiger partial charge in [0.25, 0.3) is 0 Å². The summed E-state index contributed by atoms with van der Waals surface area (Å²) in [6.07, 6.45) is 0. The lowest BCUT2D eigenvalue weighted by atomic mass is 10.1. The van der Waals surface area contributed by atoms with Gasteiger partial charge in [0, 0.05) is 17.8 Å². The van der Waals surface area contributed by atoms with Crippen molar-refractivity contribution in [2.75, 3.05) is 5.32 Å². The van der Waals surface area contributed by atoms with Gasteiger partial charge in [0.1, 0.15) is 0 Å². The molecule has 0 fully saturated rings. The van der Waals surface area contributed by atoms with Gasteiger partial charge in [-0.2, -0.15) is 0 Å². The molecule has 0 aliphatic heterocycles. The van der Waals surface area contributed by atoms with E-state index in [1.807, 2.05) is 12.1 Å². The molecular formula is C16H18N2O. The number of amides is 1. The third-order valence-electron chi connectivity index (χ3n) is 3.22. The maximum absolute atomic E-state index is 11.1. The minimum Gasteiger partial charge on any atom is -0.381 e. The number of hydrogen-bond donors (Lipinski definition) is 2. The van der Waals surface area contributed by atoms with Crippen molar-refractivity contribution in [3.05, 3.63) is 64.7 Å². The van der Waals surface area contributed by atoms with Gasteiger partial charge in [-0.1, -0.05) is 24.3 Å². The van der Waals surface area contributed by atoms with Gasteiger partial charge in [0.2, 0.25) is 5.91 Å². The van der Waals surface area contributed by atoms with Crippen LogP contribution in [0.3, 0.4) is 0 Å². The van der Waals surface area contributed by atoms with Crippen LogP contribution in [0.2, 0.25) is 0 Å². The fraction of sp³-hybridized carbons (Fsp3) is 0.188. The molecule has 0 spiro atoms. The summed E-state index contributed by atoms with van der Waals surface area (Å²) in [4.78, 5) is 11.1. The summed E-state index contributed by atoms with van der Waals surface area (Å²) in [6.45, 7) is 4.93. The molecule has 19 heavy (non-hydrogen) atoms. The Balaban J connectivity index is 2.07. The van der Waals surface area contributed by atoms with Crippen molar-refractivity contribution in [1.82, 2.24) is 0 Å². The normalized spacial score (nSPS) is 10.2. The lowest BCUT2D eigenvalue weighted by Gasteiger charge is -2.09. The Morgan fingerprint density at radius 2 is 1.89 bits per heavy atom. The number of carbonyl (C=O) groups is 1. The second-order valence-corrected chi connectivity index (χ2v) is 4.72. The first-order valence-corrected chi connectivity index (χ1v) is 6.26. The predicted molar refractivity (Wildman–Crippen MR) is 78.2 cm³/mol. The lowest BCUT2D eigenvalue weighted by Crippen LogP contribution is -2.11. The summed E-state index contributed by atoms with van der Waals surface area (Å²) in [5, 5.41) is 3.30. The molecule has 0 atom stereocenters. The zero-order valence-electron chi connectivity index (χ0n) is 11.2. The molecule has 2 aromatic carbocycles. The minimum absolute atomic E-state index is 0.408. The molecule has 2 rings (SSSR count). The van der Waals surface area contributed by atoms with E-state index < -0.39 is 5.91 Å². The smallest absolute Gasteiger partial charge is 0.248 e. The highest BCUT2D eigenvalue weighted by molar-refractivity contribution is 5.93. The summed E-state index contributed by atoms with van der Waals surface area (Å²) in [7, 11) is 0. The van der Waals surface area contributed by atoms with Crippen molar-refractivity contribution < 1.29 is 4.79 Å². The van der Waals surface area contributed by atoms with Crippen LogP contribution in [0.5, 0.6) is 0 Å². The van der Waals surface area contributed by atoms with Crippen molar-refractivity contribution >= 4 is 11.6 Å². The third-order valence-corrected chi connectivity index (χ3v) is 3.22. The van der Waals surface area contributed by atoms with Gasteiger partial charge in [-0.15, -0.1) is 0 Å². The fourth-order valence-electron chi connectivity index (χ4n) is 1.90. The Morgan fingerprint density at radius 1 is 1.11 bits per heavy atom. The summed E-state index contributed by atoms with van der Waals surface area (Å²) < 4.78 is 0. The van der Waals surface area contributed by atoms with E-state index in [0.717, 1.165) is 12.2 Å². The molecule has 0 aliphatic rings. The van der Waals surface area contributed by atoms with Crippen LogP contribution >= 0.6 is 0 Å². The first kappa shape index (κ1) is 13.1. The van der Waals surface area contributed by atoms with E-state index in [4.69, 9.17) is 5.73 Å². The molecule has 0 bridgehead atoms. The number of primary amides is 1. The molecule has 3 heteroatoms. The van der Waals surface area contributed by atoms with Gasteiger partial charge in [-0.3, -0.25) is 4.79 Å². The summed E-state index contributed by atoms with van der Waals surface area (Å²) >= 11 is 0. The summed E-state index contributed by atoms with van der Waals surface area (Å²) in [5.41, 5.74) is 10.5. The second kappa shape index (κ2) is 5.57. The zero-order valence-corrected chi connectivity index (χ0v) is 11.2. The molecule has 98 valence electrons. The van der Waals surface area contributed by atoms with Gasteiger partial charge in [-0.05, 0) is 48.7 Å². The molecule has 0 radical (unpaired) electrons. The quantitative estimate of drug-likeness (QED) is 0.881. The van der Waals surface area contributed by atoms with E-state index in [0.29, 0.717) is 5.56 Å². The highest BCUT2D eigenvalue weighted by Gasteiger charge is 2.01. The third kappa shape index (κ3) is 3.35. The molecule has 0 aromatic heterocycles. The Hall–Kier alpha value is -2.29. The maximum Gasteiger partial charge on any atom is 0.248 e. The van der Waals surface area contributed by atoms with Crippen LogP contribution in [0.4, 0.5) is 5.69 Å². The van der Waals surface area contributed by atoms with E-state index in [1.54, 1.807) is 12.1 Å². The number of rotatable bonds is 4. The first-order chi connectivity index (χ1) is 9.06. The molecule has 0 saturated heterocycles. The van der Waals surface area contributed by atoms with Crippen LogP contribution < -0.4 is 11.1 Å². The Morgan fingerprint density at radius 3 is 2.58 bits per heavy atom. The molecule has 2 aromatic rings. The number of hydrogen-bond acceptors (Lipinski definition) is 2. The first-order valence-electron chi connectivity index (χ1n) is 6.26. The molecule has 3 nitrogen and oxygen atoms in total. The molecule has 1 amide bonds. The minimum atomic E-state index is -0.408. The van der Waals surface area contributed by atoms with Crippen LogP contribution in [-0.2, 0) is 6.54 Å². The van der Waals surface area contributed by atoms with Crippen LogP contribution in [-0.4, -0.2) is 5.91 Å². The Kier molecular flexibility index (Phi) is 3.85. The number of nitrogens with one attached hydrogen (secondary N) is 1. The van der Waals surface area contributed by atoms with Crippen LogP contribution in [0.1, 0.15) is 27.0 Å². The second-order valence-electron chi connectivity index (χ2n) is 4.72. The van der Waals surface area contributed by atoms with Crippen molar-refractivity contribution in [3.8, 4) is 0 Å². The number of aryl methyl sites for hydroxylation is 2. The largest absolute Gasteiger partial charge is 0.381 e. The lowest BCUT2D eigenvalue weighted by molar-refractivity contribution is 0.100. The number of carbonyl (C=O) groups excluding carboxylic acids is 1. The number of benzene rings is 2. The summed E-state index contributed by atoms with van der Waals surface area (Å²) in [5.74, 6) is -0.408. The topological polar surface area (TPSA) is 55.1 Å². The van der Waals surface area contributed by atoms with Crippen LogP contribution in [0.25, 0.3) is 0 Å². The molecule has 0 unspecified atom stereocenters. The van der Waals surface area contributed by atoms with E-state index >= 15 is 0 Å². The highest BCUT2D eigenvalue weighted by atomic mass is 16.1. The van der Waals surface area contributed by atoms with E-state index in [-0.39, 0.29) is 0 Å². The Bertz CT molecular complexity index is 605. The van der Waals surface area contributed by atoms with Crippen LogP contribution in [0.15, 0.2) is 42.5 Å². The van der Waals surface area contributed by atoms with Crippen molar-refractivity contribution in [2.24, 2.45) is 5.73 Å². The SMILES string of the molecule is Cc1ccc(CNc2cccc(C(N)=O)c2)cc1C. The maximum atomic E-state index is 11.1. The molecule has 3 N–H and O–H groups in total. The monoisotopic (exact) mass is 254 g/mol. The highest BCUT2D eigenvalue weighted by Crippen LogP contribution is 2.14. The van der Waals surface area contributed by atoms with Gasteiger partial charge in [0.05, 0.1) is 0 Å². The zero-order chi connectivity index (χ0) is 13.8. The van der Waals surface area contributed by atoms with Gasteiger partial charge in [0.15, 0.2) is 0 Å². The van der Waals surface area contributed by atoms with E-state index in [1.165, 1.54) is 16.7 Å².